The molecule has 2 aromatic heterocycles. The molecule has 7 N–H and O–H groups in total. The van der Waals surface area contributed by atoms with Gasteiger partial charge in [0, 0.05) is 12.1 Å². The number of aromatic amines is 1. The van der Waals surface area contributed by atoms with Crippen molar-refractivity contribution in [3.8, 4) is 11.1 Å². The fraction of sp³-hybridized carbons (Fsp3) is 0.261. The Kier molecular flexibility index (Phi) is 5.72. The molecule has 0 bridgehead atoms. The van der Waals surface area contributed by atoms with Crippen molar-refractivity contribution in [2.45, 2.75) is 31.3 Å². The SMILES string of the molecule is Nc1nc2c(nc(Nc3ccc4c(c3)-c3ccccc3C4)n2[C@H]2C[C@H](O)[C@@H](COP(O)O)O2)c(=O)[nH]1. The molecule has 1 aliphatic carbocycles. The average Bonchev–Trinajstić information content (AvgIpc) is 3.50. The summed E-state index contributed by atoms with van der Waals surface area (Å²) in [5.74, 6) is 0.198. The number of aliphatic hydroxyl groups is 1. The zero-order valence-corrected chi connectivity index (χ0v) is 19.7. The Morgan fingerprint density at radius 1 is 1.19 bits per heavy atom. The lowest BCUT2D eigenvalue weighted by Crippen LogP contribution is -2.25. The van der Waals surface area contributed by atoms with Crippen LogP contribution in [0.5, 0.6) is 0 Å². The number of nitrogens with one attached hydrogen (secondary N) is 2. The first-order chi connectivity index (χ1) is 17.4. The number of ether oxygens (including phenoxy) is 1. The summed E-state index contributed by atoms with van der Waals surface area (Å²) >= 11 is 0. The number of nitrogen functional groups attached to an aromatic ring is 1. The van der Waals surface area contributed by atoms with E-state index in [4.69, 9.17) is 24.8 Å². The lowest BCUT2D eigenvalue weighted by molar-refractivity contribution is -0.0390. The molecule has 3 heterocycles. The molecule has 4 aromatic rings. The Hall–Kier alpha value is -3.38. The highest BCUT2D eigenvalue weighted by molar-refractivity contribution is 7.39. The number of aliphatic hydroxyl groups excluding tert-OH is 1. The zero-order chi connectivity index (χ0) is 25.0. The largest absolute Gasteiger partial charge is 0.390 e. The number of hydrogen-bond acceptors (Lipinski definition) is 10. The van der Waals surface area contributed by atoms with Crippen LogP contribution >= 0.6 is 8.60 Å². The first-order valence-corrected chi connectivity index (χ1v) is 12.4. The summed E-state index contributed by atoms with van der Waals surface area (Å²) in [6.07, 6.45) is -1.54. The second-order valence-corrected chi connectivity index (χ2v) is 9.50. The van der Waals surface area contributed by atoms with E-state index in [0.717, 1.165) is 17.7 Å². The third-order valence-corrected chi connectivity index (χ3v) is 6.85. The van der Waals surface area contributed by atoms with Gasteiger partial charge < -0.3 is 35.2 Å². The van der Waals surface area contributed by atoms with Gasteiger partial charge in [0.05, 0.1) is 12.7 Å². The molecule has 6 rings (SSSR count). The van der Waals surface area contributed by atoms with Gasteiger partial charge in [0.1, 0.15) is 12.3 Å². The van der Waals surface area contributed by atoms with Crippen molar-refractivity contribution in [2.24, 2.45) is 0 Å². The van der Waals surface area contributed by atoms with Crippen LogP contribution in [0.4, 0.5) is 17.6 Å². The number of imidazole rings is 1. The van der Waals surface area contributed by atoms with Gasteiger partial charge in [0.2, 0.25) is 11.9 Å². The van der Waals surface area contributed by atoms with E-state index in [1.807, 2.05) is 24.3 Å². The molecule has 0 amide bonds. The maximum atomic E-state index is 12.6. The fourth-order valence-electron chi connectivity index (χ4n) is 4.86. The Bertz CT molecular complexity index is 1520. The minimum absolute atomic E-state index is 0.0604. The minimum atomic E-state index is -2.59. The summed E-state index contributed by atoms with van der Waals surface area (Å²) in [7, 11) is -2.59. The van der Waals surface area contributed by atoms with E-state index in [9.17, 15) is 9.90 Å². The van der Waals surface area contributed by atoms with Crippen molar-refractivity contribution in [2.75, 3.05) is 17.7 Å². The third kappa shape index (κ3) is 4.03. The first kappa shape index (κ1) is 23.0. The van der Waals surface area contributed by atoms with Gasteiger partial charge in [-0.05, 0) is 40.8 Å². The summed E-state index contributed by atoms with van der Waals surface area (Å²) in [4.78, 5) is 41.9. The van der Waals surface area contributed by atoms with Crippen molar-refractivity contribution in [3.05, 3.63) is 63.9 Å². The van der Waals surface area contributed by atoms with E-state index in [1.54, 1.807) is 4.57 Å². The van der Waals surface area contributed by atoms with Crippen molar-refractivity contribution in [3.63, 3.8) is 0 Å². The van der Waals surface area contributed by atoms with E-state index in [1.165, 1.54) is 16.7 Å². The second-order valence-electron chi connectivity index (χ2n) is 8.74. The number of H-pyrrole nitrogens is 1. The van der Waals surface area contributed by atoms with Gasteiger partial charge in [0.25, 0.3) is 5.56 Å². The van der Waals surface area contributed by atoms with Crippen molar-refractivity contribution in [1.82, 2.24) is 19.5 Å². The highest BCUT2D eigenvalue weighted by atomic mass is 31.2. The lowest BCUT2D eigenvalue weighted by Gasteiger charge is -2.18. The van der Waals surface area contributed by atoms with E-state index < -0.39 is 32.6 Å². The fourth-order valence-corrected chi connectivity index (χ4v) is 5.14. The van der Waals surface area contributed by atoms with Gasteiger partial charge in [0.15, 0.2) is 11.2 Å². The van der Waals surface area contributed by atoms with Crippen LogP contribution in [-0.4, -0.2) is 53.2 Å². The maximum absolute atomic E-state index is 12.6. The van der Waals surface area contributed by atoms with E-state index in [2.05, 4.69) is 38.5 Å². The molecule has 0 radical (unpaired) electrons. The molecule has 0 spiro atoms. The van der Waals surface area contributed by atoms with E-state index >= 15 is 0 Å². The van der Waals surface area contributed by atoms with Crippen LogP contribution in [-0.2, 0) is 15.7 Å². The summed E-state index contributed by atoms with van der Waals surface area (Å²) in [5, 5.41) is 13.8. The number of hydrogen-bond donors (Lipinski definition) is 6. The summed E-state index contributed by atoms with van der Waals surface area (Å²) in [5.41, 5.74) is 11.1. The van der Waals surface area contributed by atoms with Gasteiger partial charge in [-0.1, -0.05) is 30.3 Å². The molecular weight excluding hydrogens is 487 g/mol. The molecule has 1 saturated heterocycles. The van der Waals surface area contributed by atoms with E-state index in [-0.39, 0.29) is 36.1 Å². The standard InChI is InChI=1S/C23H23N6O6P/c24-22-27-20-19(21(31)28-22)26-23(29(20)18-9-16(30)17(35-18)10-34-36(32)33)25-13-6-5-12-7-11-3-1-2-4-14(11)15(12)8-13/h1-6,8,16-18,30,32-33H,7,9-10H2,(H,25,26)(H3,24,27,28,31)/t16-,17+,18+/m0/s1. The monoisotopic (exact) mass is 510 g/mol. The van der Waals surface area contributed by atoms with Gasteiger partial charge >= 0.3 is 8.60 Å². The van der Waals surface area contributed by atoms with Gasteiger partial charge in [-0.3, -0.25) is 14.3 Å². The predicted octanol–water partition coefficient (Wildman–Crippen LogP) is 1.89. The molecule has 3 atom stereocenters. The topological polar surface area (TPSA) is 181 Å². The van der Waals surface area contributed by atoms with Crippen LogP contribution in [0.15, 0.2) is 47.3 Å². The summed E-state index contributed by atoms with van der Waals surface area (Å²) < 4.78 is 12.4. The molecule has 0 unspecified atom stereocenters. The van der Waals surface area contributed by atoms with Crippen molar-refractivity contribution < 1.29 is 24.2 Å². The third-order valence-electron chi connectivity index (χ3n) is 6.47. The molecule has 2 aromatic carbocycles. The molecule has 186 valence electrons. The molecule has 1 aliphatic heterocycles. The molecule has 1 fully saturated rings. The average molecular weight is 510 g/mol. The lowest BCUT2D eigenvalue weighted by atomic mass is 10.1. The predicted molar refractivity (Wildman–Crippen MR) is 132 cm³/mol. The quantitative estimate of drug-likeness (QED) is 0.185. The zero-order valence-electron chi connectivity index (χ0n) is 18.8. The van der Waals surface area contributed by atoms with Crippen molar-refractivity contribution >= 4 is 37.4 Å². The highest BCUT2D eigenvalue weighted by Crippen LogP contribution is 2.40. The van der Waals surface area contributed by atoms with Crippen LogP contribution < -0.4 is 16.6 Å². The Balaban J connectivity index is 1.39. The van der Waals surface area contributed by atoms with E-state index in [0.29, 0.717) is 0 Å². The Labute approximate surface area is 205 Å². The molecule has 36 heavy (non-hydrogen) atoms. The van der Waals surface area contributed by atoms with Gasteiger partial charge in [-0.2, -0.15) is 4.98 Å². The molecule has 13 heteroatoms. The Morgan fingerprint density at radius 2 is 2.00 bits per heavy atom. The summed E-state index contributed by atoms with van der Waals surface area (Å²) in [6.45, 7) is -0.216. The number of fused-ring (bicyclic) bond motifs is 4. The van der Waals surface area contributed by atoms with Crippen LogP contribution in [0.3, 0.4) is 0 Å². The Morgan fingerprint density at radius 3 is 2.83 bits per heavy atom. The van der Waals surface area contributed by atoms with Gasteiger partial charge in [-0.25, -0.2) is 4.98 Å². The summed E-state index contributed by atoms with van der Waals surface area (Å²) in [6, 6.07) is 14.3. The molecule has 2 aliphatic rings. The first-order valence-electron chi connectivity index (χ1n) is 11.3. The maximum Gasteiger partial charge on any atom is 0.327 e. The van der Waals surface area contributed by atoms with Crippen LogP contribution in [0.2, 0.25) is 0 Å². The molecular formula is C23H23N6O6P. The molecule has 12 nitrogen and oxygen atoms in total. The molecule has 0 saturated carbocycles. The van der Waals surface area contributed by atoms with Crippen molar-refractivity contribution in [1.29, 1.82) is 0 Å². The normalized spacial score (nSPS) is 20.7. The number of aromatic nitrogens is 4. The van der Waals surface area contributed by atoms with Crippen LogP contribution in [0.1, 0.15) is 23.8 Å². The minimum Gasteiger partial charge on any atom is -0.390 e. The smallest absolute Gasteiger partial charge is 0.327 e. The number of nitrogens with two attached hydrogens (primary N) is 1. The number of benzene rings is 2. The second kappa shape index (κ2) is 8.93. The van der Waals surface area contributed by atoms with Crippen LogP contribution in [0, 0.1) is 0 Å². The highest BCUT2D eigenvalue weighted by Gasteiger charge is 2.38. The van der Waals surface area contributed by atoms with Crippen LogP contribution in [0.25, 0.3) is 22.3 Å². The number of rotatable bonds is 6. The number of nitrogens with zero attached hydrogens (tertiary/aromatic N) is 3. The van der Waals surface area contributed by atoms with Gasteiger partial charge in [-0.15, -0.1) is 0 Å². The number of anilines is 3.